The van der Waals surface area contributed by atoms with Crippen LogP contribution < -0.4 is 14.5 Å². The number of sulfonamides is 1. The van der Waals surface area contributed by atoms with Crippen molar-refractivity contribution < 1.29 is 18.0 Å². The zero-order valence-electron chi connectivity index (χ0n) is 19.2. The molecule has 0 aromatic heterocycles. The van der Waals surface area contributed by atoms with Crippen LogP contribution in [0.25, 0.3) is 0 Å². The minimum absolute atomic E-state index is 0.0272. The predicted molar refractivity (Wildman–Crippen MR) is 133 cm³/mol. The number of rotatable bonds is 7. The number of hydrogen-bond donors (Lipinski definition) is 1. The Balaban J connectivity index is 1.28. The fourth-order valence-corrected chi connectivity index (χ4v) is 5.68. The van der Waals surface area contributed by atoms with Gasteiger partial charge in [0, 0.05) is 68.5 Å². The van der Waals surface area contributed by atoms with Gasteiger partial charge in [-0.1, -0.05) is 24.6 Å². The number of fused-ring (bicyclic) bond motifs is 1. The molecule has 2 amide bonds. The molecule has 34 heavy (non-hydrogen) atoms. The lowest BCUT2D eigenvalue weighted by atomic mass is 10.2. The van der Waals surface area contributed by atoms with Crippen LogP contribution in [0.1, 0.15) is 25.3 Å². The van der Waals surface area contributed by atoms with E-state index in [-0.39, 0.29) is 29.7 Å². The van der Waals surface area contributed by atoms with E-state index in [1.165, 1.54) is 6.07 Å². The van der Waals surface area contributed by atoms with Crippen LogP contribution in [0.5, 0.6) is 0 Å². The molecule has 0 unspecified atom stereocenters. The summed E-state index contributed by atoms with van der Waals surface area (Å²) in [4.78, 5) is 30.5. The highest BCUT2D eigenvalue weighted by Crippen LogP contribution is 2.30. The van der Waals surface area contributed by atoms with Gasteiger partial charge >= 0.3 is 0 Å². The van der Waals surface area contributed by atoms with Crippen molar-refractivity contribution in [2.45, 2.75) is 31.1 Å². The summed E-state index contributed by atoms with van der Waals surface area (Å²) in [7, 11) is -3.75. The van der Waals surface area contributed by atoms with Crippen LogP contribution in [0.3, 0.4) is 0 Å². The molecule has 2 aliphatic rings. The van der Waals surface area contributed by atoms with E-state index in [9.17, 15) is 18.0 Å². The normalized spacial score (nSPS) is 16.0. The van der Waals surface area contributed by atoms with Crippen LogP contribution in [0.2, 0.25) is 5.02 Å². The molecular weight excluding hydrogens is 476 g/mol. The lowest BCUT2D eigenvalue weighted by molar-refractivity contribution is -0.131. The van der Waals surface area contributed by atoms with Crippen LogP contribution in [0.15, 0.2) is 47.4 Å². The van der Waals surface area contributed by atoms with Gasteiger partial charge in [0.25, 0.3) is 0 Å². The van der Waals surface area contributed by atoms with E-state index in [0.717, 1.165) is 16.9 Å². The van der Waals surface area contributed by atoms with E-state index in [1.54, 1.807) is 21.9 Å². The second-order valence-electron chi connectivity index (χ2n) is 8.43. The molecule has 4 rings (SSSR count). The summed E-state index contributed by atoms with van der Waals surface area (Å²) in [5.41, 5.74) is 2.65. The molecule has 2 aliphatic heterocycles. The second-order valence-corrected chi connectivity index (χ2v) is 10.6. The highest BCUT2D eigenvalue weighted by atomic mass is 35.5. The average Bonchev–Trinajstić information content (AvgIpc) is 3.27. The van der Waals surface area contributed by atoms with Gasteiger partial charge in [0.1, 0.15) is 0 Å². The topological polar surface area (TPSA) is 90.0 Å². The Labute approximate surface area is 205 Å². The maximum Gasteiger partial charge on any atom is 0.240 e. The first-order valence-corrected chi connectivity index (χ1v) is 13.4. The van der Waals surface area contributed by atoms with Gasteiger partial charge in [0.2, 0.25) is 21.8 Å². The molecule has 182 valence electrons. The zero-order valence-corrected chi connectivity index (χ0v) is 20.7. The smallest absolute Gasteiger partial charge is 0.240 e. The minimum atomic E-state index is -3.75. The number of piperazine rings is 1. The molecule has 2 heterocycles. The Bertz CT molecular complexity index is 1180. The summed E-state index contributed by atoms with van der Waals surface area (Å²) >= 11 is 6.07. The number of carbonyl (C=O) groups is 2. The summed E-state index contributed by atoms with van der Waals surface area (Å²) in [6.45, 7) is 4.97. The number of carbonyl (C=O) groups excluding carboxylic acids is 2. The standard InChI is InChI=1S/C24H29ClN4O4S/c1-2-23(30)29-11-9-18-16-21(6-7-22(18)29)34(32,33)26-10-8-24(31)28-14-12-27(13-15-28)20-5-3-4-19(25)17-20/h3-7,16-17,26H,2,8-15H2,1H3. The van der Waals surface area contributed by atoms with Crippen LogP contribution in [0.4, 0.5) is 11.4 Å². The Morgan fingerprint density at radius 3 is 2.47 bits per heavy atom. The first-order valence-electron chi connectivity index (χ1n) is 11.5. The number of halogens is 1. The largest absolute Gasteiger partial charge is 0.368 e. The number of benzene rings is 2. The Kier molecular flexibility index (Phi) is 7.45. The summed E-state index contributed by atoms with van der Waals surface area (Å²) in [6.07, 6.45) is 1.13. The molecule has 0 saturated carbocycles. The minimum Gasteiger partial charge on any atom is -0.368 e. The maximum atomic E-state index is 12.8. The molecule has 1 N–H and O–H groups in total. The van der Waals surface area contributed by atoms with Crippen molar-refractivity contribution in [3.63, 3.8) is 0 Å². The van der Waals surface area contributed by atoms with E-state index >= 15 is 0 Å². The van der Waals surface area contributed by atoms with Crippen molar-refractivity contribution in [1.82, 2.24) is 9.62 Å². The van der Waals surface area contributed by atoms with Gasteiger partial charge in [-0.2, -0.15) is 0 Å². The zero-order chi connectivity index (χ0) is 24.3. The first-order chi connectivity index (χ1) is 16.3. The SMILES string of the molecule is CCC(=O)N1CCc2cc(S(=O)(=O)NCCC(=O)N3CCN(c4cccc(Cl)c4)CC3)ccc21. The molecule has 10 heteroatoms. The van der Waals surface area contributed by atoms with Crippen LogP contribution in [-0.2, 0) is 26.0 Å². The number of amides is 2. The fraction of sp³-hybridized carbons (Fsp3) is 0.417. The van der Waals surface area contributed by atoms with Crippen molar-refractivity contribution in [2.75, 3.05) is 49.1 Å². The third kappa shape index (κ3) is 5.37. The lowest BCUT2D eigenvalue weighted by Gasteiger charge is -2.36. The van der Waals surface area contributed by atoms with Gasteiger partial charge in [0.15, 0.2) is 0 Å². The molecule has 0 spiro atoms. The van der Waals surface area contributed by atoms with E-state index < -0.39 is 10.0 Å². The number of nitrogens with zero attached hydrogens (tertiary/aromatic N) is 3. The van der Waals surface area contributed by atoms with Crippen molar-refractivity contribution in [3.05, 3.63) is 53.1 Å². The molecule has 0 radical (unpaired) electrons. The molecule has 0 aliphatic carbocycles. The molecule has 2 aromatic rings. The Morgan fingerprint density at radius 1 is 1.00 bits per heavy atom. The summed E-state index contributed by atoms with van der Waals surface area (Å²) < 4.78 is 28.1. The second kappa shape index (κ2) is 10.3. The van der Waals surface area contributed by atoms with Crippen molar-refractivity contribution in [2.24, 2.45) is 0 Å². The molecule has 0 bridgehead atoms. The number of anilines is 2. The van der Waals surface area contributed by atoms with Gasteiger partial charge in [-0.25, -0.2) is 13.1 Å². The first kappa shape index (κ1) is 24.5. The van der Waals surface area contributed by atoms with Crippen molar-refractivity contribution >= 4 is 44.8 Å². The molecule has 0 atom stereocenters. The number of hydrogen-bond acceptors (Lipinski definition) is 5. The summed E-state index contributed by atoms with van der Waals surface area (Å²) in [5.74, 6) is -0.0458. The Morgan fingerprint density at radius 2 is 1.76 bits per heavy atom. The third-order valence-electron chi connectivity index (χ3n) is 6.30. The van der Waals surface area contributed by atoms with E-state index in [0.29, 0.717) is 50.6 Å². The molecular formula is C24H29ClN4O4S. The lowest BCUT2D eigenvalue weighted by Crippen LogP contribution is -2.49. The summed E-state index contributed by atoms with van der Waals surface area (Å²) in [5, 5.41) is 0.679. The van der Waals surface area contributed by atoms with Gasteiger partial charge < -0.3 is 14.7 Å². The third-order valence-corrected chi connectivity index (χ3v) is 7.99. The van der Waals surface area contributed by atoms with Gasteiger partial charge in [-0.05, 0) is 48.4 Å². The quantitative estimate of drug-likeness (QED) is 0.626. The average molecular weight is 505 g/mol. The highest BCUT2D eigenvalue weighted by Gasteiger charge is 2.26. The van der Waals surface area contributed by atoms with Crippen LogP contribution in [-0.4, -0.2) is 64.4 Å². The van der Waals surface area contributed by atoms with Gasteiger partial charge in [0.05, 0.1) is 4.90 Å². The number of nitrogens with one attached hydrogen (secondary N) is 1. The Hall–Kier alpha value is -2.62. The molecule has 1 fully saturated rings. The fourth-order valence-electron chi connectivity index (χ4n) is 4.42. The molecule has 8 nitrogen and oxygen atoms in total. The molecule has 1 saturated heterocycles. The predicted octanol–water partition coefficient (Wildman–Crippen LogP) is 2.66. The van der Waals surface area contributed by atoms with Gasteiger partial charge in [-0.3, -0.25) is 9.59 Å². The molecule has 2 aromatic carbocycles. The monoisotopic (exact) mass is 504 g/mol. The van der Waals surface area contributed by atoms with E-state index in [4.69, 9.17) is 11.6 Å². The highest BCUT2D eigenvalue weighted by molar-refractivity contribution is 7.89. The van der Waals surface area contributed by atoms with Crippen LogP contribution in [0, 0.1) is 0 Å². The maximum absolute atomic E-state index is 12.8. The van der Waals surface area contributed by atoms with Crippen molar-refractivity contribution in [3.8, 4) is 0 Å². The van der Waals surface area contributed by atoms with E-state index in [1.807, 2.05) is 31.2 Å². The van der Waals surface area contributed by atoms with Gasteiger partial charge in [-0.15, -0.1) is 0 Å². The summed E-state index contributed by atoms with van der Waals surface area (Å²) in [6, 6.07) is 12.5. The van der Waals surface area contributed by atoms with Crippen molar-refractivity contribution in [1.29, 1.82) is 0 Å². The van der Waals surface area contributed by atoms with Crippen LogP contribution >= 0.6 is 11.6 Å². The van der Waals surface area contributed by atoms with E-state index in [2.05, 4.69) is 9.62 Å².